The summed E-state index contributed by atoms with van der Waals surface area (Å²) in [5.74, 6) is 0. The van der Waals surface area contributed by atoms with Crippen LogP contribution in [-0.4, -0.2) is 14.7 Å². The SMILES string of the molecule is Cc1c(NC(C)c2ccnn2C)cccc1[N+](=O)[O-]. The molecule has 1 aromatic carbocycles. The number of nitro benzene ring substituents is 1. The van der Waals surface area contributed by atoms with Gasteiger partial charge in [-0.25, -0.2) is 0 Å². The van der Waals surface area contributed by atoms with E-state index in [2.05, 4.69) is 10.4 Å². The summed E-state index contributed by atoms with van der Waals surface area (Å²) in [6.45, 7) is 3.74. The van der Waals surface area contributed by atoms with Gasteiger partial charge in [-0.05, 0) is 26.0 Å². The van der Waals surface area contributed by atoms with Gasteiger partial charge in [0.2, 0.25) is 0 Å². The molecule has 0 spiro atoms. The van der Waals surface area contributed by atoms with Crippen molar-refractivity contribution < 1.29 is 4.92 Å². The van der Waals surface area contributed by atoms with Gasteiger partial charge in [-0.3, -0.25) is 14.8 Å². The van der Waals surface area contributed by atoms with Crippen molar-refractivity contribution in [3.8, 4) is 0 Å². The van der Waals surface area contributed by atoms with E-state index in [1.54, 1.807) is 23.9 Å². The molecule has 2 rings (SSSR count). The molecule has 6 heteroatoms. The fraction of sp³-hybridized carbons (Fsp3) is 0.308. The predicted molar refractivity (Wildman–Crippen MR) is 73.1 cm³/mol. The molecular weight excluding hydrogens is 244 g/mol. The molecule has 0 aliphatic carbocycles. The van der Waals surface area contributed by atoms with E-state index >= 15 is 0 Å². The molecule has 0 aliphatic heterocycles. The minimum absolute atomic E-state index is 0.0215. The van der Waals surface area contributed by atoms with Crippen LogP contribution in [0.25, 0.3) is 0 Å². The van der Waals surface area contributed by atoms with Crippen LogP contribution >= 0.6 is 0 Å². The summed E-state index contributed by atoms with van der Waals surface area (Å²) in [4.78, 5) is 10.5. The average molecular weight is 260 g/mol. The van der Waals surface area contributed by atoms with Crippen molar-refractivity contribution in [2.24, 2.45) is 7.05 Å². The maximum atomic E-state index is 10.9. The topological polar surface area (TPSA) is 73.0 Å². The van der Waals surface area contributed by atoms with Crippen molar-refractivity contribution in [1.82, 2.24) is 9.78 Å². The molecule has 6 nitrogen and oxygen atoms in total. The summed E-state index contributed by atoms with van der Waals surface area (Å²) >= 11 is 0. The Kier molecular flexibility index (Phi) is 3.50. The summed E-state index contributed by atoms with van der Waals surface area (Å²) in [5, 5.41) is 18.3. The fourth-order valence-corrected chi connectivity index (χ4v) is 2.09. The maximum Gasteiger partial charge on any atom is 0.274 e. The van der Waals surface area contributed by atoms with Gasteiger partial charge in [0.15, 0.2) is 0 Å². The van der Waals surface area contributed by atoms with E-state index in [1.807, 2.05) is 26.1 Å². The molecule has 0 saturated carbocycles. The molecule has 0 saturated heterocycles. The molecule has 1 unspecified atom stereocenters. The number of benzene rings is 1. The van der Waals surface area contributed by atoms with Crippen molar-refractivity contribution in [3.63, 3.8) is 0 Å². The van der Waals surface area contributed by atoms with Gasteiger partial charge in [0.05, 0.1) is 16.7 Å². The molecule has 1 aromatic heterocycles. The lowest BCUT2D eigenvalue weighted by Gasteiger charge is -2.17. The van der Waals surface area contributed by atoms with Crippen LogP contribution in [0.2, 0.25) is 0 Å². The van der Waals surface area contributed by atoms with Crippen LogP contribution in [0.4, 0.5) is 11.4 Å². The van der Waals surface area contributed by atoms with Crippen molar-refractivity contribution in [2.75, 3.05) is 5.32 Å². The molecule has 1 N–H and O–H groups in total. The Morgan fingerprint density at radius 3 is 2.74 bits per heavy atom. The number of rotatable bonds is 4. The maximum absolute atomic E-state index is 10.9. The third-order valence-electron chi connectivity index (χ3n) is 3.18. The van der Waals surface area contributed by atoms with Gasteiger partial charge in [-0.15, -0.1) is 0 Å². The van der Waals surface area contributed by atoms with E-state index in [0.717, 1.165) is 11.4 Å². The first-order chi connectivity index (χ1) is 9.00. The van der Waals surface area contributed by atoms with E-state index in [1.165, 1.54) is 6.07 Å². The molecule has 1 atom stereocenters. The lowest BCUT2D eigenvalue weighted by molar-refractivity contribution is -0.385. The molecule has 100 valence electrons. The number of aromatic nitrogens is 2. The van der Waals surface area contributed by atoms with Crippen LogP contribution in [0, 0.1) is 17.0 Å². The quantitative estimate of drug-likeness (QED) is 0.677. The largest absolute Gasteiger partial charge is 0.377 e. The van der Waals surface area contributed by atoms with Crippen LogP contribution in [0.1, 0.15) is 24.2 Å². The summed E-state index contributed by atoms with van der Waals surface area (Å²) in [7, 11) is 1.87. The Morgan fingerprint density at radius 1 is 1.42 bits per heavy atom. The summed E-state index contributed by atoms with van der Waals surface area (Å²) in [5.41, 5.74) is 2.55. The molecule has 0 aliphatic rings. The highest BCUT2D eigenvalue weighted by molar-refractivity contribution is 5.60. The van der Waals surface area contributed by atoms with Crippen LogP contribution in [0.5, 0.6) is 0 Å². The first-order valence-electron chi connectivity index (χ1n) is 5.99. The van der Waals surface area contributed by atoms with Crippen LogP contribution in [0.3, 0.4) is 0 Å². The second-order valence-electron chi connectivity index (χ2n) is 4.45. The summed E-state index contributed by atoms with van der Waals surface area (Å²) in [6, 6.07) is 6.98. The number of nitrogens with zero attached hydrogens (tertiary/aromatic N) is 3. The van der Waals surface area contributed by atoms with Crippen LogP contribution in [0.15, 0.2) is 30.5 Å². The third kappa shape index (κ3) is 2.57. The van der Waals surface area contributed by atoms with Gasteiger partial charge < -0.3 is 5.32 Å². The Bertz CT molecular complexity index is 606. The van der Waals surface area contributed by atoms with E-state index in [4.69, 9.17) is 0 Å². The highest BCUT2D eigenvalue weighted by atomic mass is 16.6. The Morgan fingerprint density at radius 2 is 2.16 bits per heavy atom. The van der Waals surface area contributed by atoms with E-state index in [9.17, 15) is 10.1 Å². The summed E-state index contributed by atoms with van der Waals surface area (Å²) in [6.07, 6.45) is 1.73. The predicted octanol–water partition coefficient (Wildman–Crippen LogP) is 2.81. The van der Waals surface area contributed by atoms with Gasteiger partial charge >= 0.3 is 0 Å². The highest BCUT2D eigenvalue weighted by Crippen LogP contribution is 2.28. The van der Waals surface area contributed by atoms with Gasteiger partial charge in [0, 0.05) is 30.6 Å². The first kappa shape index (κ1) is 13.1. The first-order valence-corrected chi connectivity index (χ1v) is 5.99. The molecular formula is C13H16N4O2. The zero-order valence-corrected chi connectivity index (χ0v) is 11.1. The zero-order valence-electron chi connectivity index (χ0n) is 11.1. The second-order valence-corrected chi connectivity index (χ2v) is 4.45. The fourth-order valence-electron chi connectivity index (χ4n) is 2.09. The third-order valence-corrected chi connectivity index (χ3v) is 3.18. The van der Waals surface area contributed by atoms with Crippen LogP contribution < -0.4 is 5.32 Å². The van der Waals surface area contributed by atoms with Crippen molar-refractivity contribution in [1.29, 1.82) is 0 Å². The van der Waals surface area contributed by atoms with Crippen LogP contribution in [-0.2, 0) is 7.05 Å². The number of aryl methyl sites for hydroxylation is 1. The normalized spacial score (nSPS) is 12.2. The smallest absolute Gasteiger partial charge is 0.274 e. The van der Waals surface area contributed by atoms with Gasteiger partial charge in [0.1, 0.15) is 0 Å². The van der Waals surface area contributed by atoms with Gasteiger partial charge in [-0.1, -0.05) is 6.07 Å². The van der Waals surface area contributed by atoms with E-state index in [-0.39, 0.29) is 16.7 Å². The van der Waals surface area contributed by atoms with Crippen molar-refractivity contribution in [2.45, 2.75) is 19.9 Å². The highest BCUT2D eigenvalue weighted by Gasteiger charge is 2.16. The number of hydrogen-bond donors (Lipinski definition) is 1. The van der Waals surface area contributed by atoms with E-state index in [0.29, 0.717) is 5.56 Å². The monoisotopic (exact) mass is 260 g/mol. The molecule has 0 radical (unpaired) electrons. The minimum Gasteiger partial charge on any atom is -0.377 e. The number of nitrogens with one attached hydrogen (secondary N) is 1. The number of anilines is 1. The minimum atomic E-state index is -0.366. The average Bonchev–Trinajstić information content (AvgIpc) is 2.77. The Labute approximate surface area is 111 Å². The number of nitro groups is 1. The second kappa shape index (κ2) is 5.09. The van der Waals surface area contributed by atoms with Crippen molar-refractivity contribution >= 4 is 11.4 Å². The number of hydrogen-bond acceptors (Lipinski definition) is 4. The molecule has 0 fully saturated rings. The Hall–Kier alpha value is -2.37. The van der Waals surface area contributed by atoms with Crippen molar-refractivity contribution in [3.05, 3.63) is 51.8 Å². The summed E-state index contributed by atoms with van der Waals surface area (Å²) < 4.78 is 1.78. The zero-order chi connectivity index (χ0) is 14.0. The van der Waals surface area contributed by atoms with Gasteiger partial charge in [0.25, 0.3) is 5.69 Å². The molecule has 1 heterocycles. The van der Waals surface area contributed by atoms with Gasteiger partial charge in [-0.2, -0.15) is 5.10 Å². The standard InChI is InChI=1S/C13H16N4O2/c1-9-11(5-4-6-12(9)17(18)19)15-10(2)13-7-8-14-16(13)3/h4-8,10,15H,1-3H3. The van der Waals surface area contributed by atoms with E-state index < -0.39 is 0 Å². The lowest BCUT2D eigenvalue weighted by atomic mass is 10.1. The lowest BCUT2D eigenvalue weighted by Crippen LogP contribution is -2.12. The molecule has 2 aromatic rings. The molecule has 19 heavy (non-hydrogen) atoms. The Balaban J connectivity index is 2.27. The molecule has 0 bridgehead atoms. The molecule has 0 amide bonds.